The molecule has 0 spiro atoms. The molecule has 2 aromatic carbocycles. The molecule has 4 nitrogen and oxygen atoms in total. The van der Waals surface area contributed by atoms with Crippen LogP contribution in [0.1, 0.15) is 15.2 Å². The molecular formula is C19H13FO4S2. The van der Waals surface area contributed by atoms with Gasteiger partial charge >= 0.3 is 5.97 Å². The molecule has 0 saturated heterocycles. The lowest BCUT2D eigenvalue weighted by molar-refractivity contribution is 0.0538. The summed E-state index contributed by atoms with van der Waals surface area (Å²) in [4.78, 5) is 13.6. The van der Waals surface area contributed by atoms with E-state index >= 15 is 0 Å². The third-order valence-corrected chi connectivity index (χ3v) is 6.61. The number of fused-ring (bicyclic) bond motifs is 1. The number of cyclic esters (lactones) is 1. The lowest BCUT2D eigenvalue weighted by Crippen LogP contribution is -1.96. The normalized spacial score (nSPS) is 13.5. The Kier molecular flexibility index (Phi) is 3.93. The molecule has 0 amide bonds. The third kappa shape index (κ3) is 2.83. The Morgan fingerprint density at radius 2 is 1.58 bits per heavy atom. The summed E-state index contributed by atoms with van der Waals surface area (Å²) in [5, 5.41) is 0. The maximum atomic E-state index is 13.3. The van der Waals surface area contributed by atoms with Crippen LogP contribution in [0.5, 0.6) is 0 Å². The van der Waals surface area contributed by atoms with Gasteiger partial charge in [-0.3, -0.25) is 0 Å². The molecule has 0 atom stereocenters. The molecule has 0 radical (unpaired) electrons. The fraction of sp³-hybridized carbons (Fsp3) is 0.105. The van der Waals surface area contributed by atoms with Crippen molar-refractivity contribution in [1.29, 1.82) is 0 Å². The summed E-state index contributed by atoms with van der Waals surface area (Å²) in [7, 11) is -3.29. The van der Waals surface area contributed by atoms with Crippen molar-refractivity contribution in [3.05, 3.63) is 64.8 Å². The molecule has 2 heterocycles. The van der Waals surface area contributed by atoms with E-state index in [1.807, 2.05) is 0 Å². The SMILES string of the molecule is CS(=O)(=O)c1ccc(-c2c(-c3ccc(F)cc3)sc3c2COC3=O)cc1. The van der Waals surface area contributed by atoms with Crippen molar-refractivity contribution in [2.45, 2.75) is 11.5 Å². The van der Waals surface area contributed by atoms with Crippen molar-refractivity contribution >= 4 is 27.1 Å². The summed E-state index contributed by atoms with van der Waals surface area (Å²) in [6, 6.07) is 12.6. The Balaban J connectivity index is 1.91. The lowest BCUT2D eigenvalue weighted by atomic mass is 9.98. The quantitative estimate of drug-likeness (QED) is 0.628. The summed E-state index contributed by atoms with van der Waals surface area (Å²) in [6.07, 6.45) is 1.15. The Bertz CT molecular complexity index is 1110. The maximum absolute atomic E-state index is 13.3. The van der Waals surface area contributed by atoms with Gasteiger partial charge in [0.05, 0.1) is 4.90 Å². The Hall–Kier alpha value is -2.51. The van der Waals surface area contributed by atoms with Crippen LogP contribution in [0, 0.1) is 5.82 Å². The summed E-state index contributed by atoms with van der Waals surface area (Å²) in [5.41, 5.74) is 3.18. The number of thiophene rings is 1. The number of benzene rings is 2. The van der Waals surface area contributed by atoms with Crippen LogP contribution in [-0.4, -0.2) is 20.6 Å². The lowest BCUT2D eigenvalue weighted by Gasteiger charge is -2.08. The summed E-state index contributed by atoms with van der Waals surface area (Å²) in [5.74, 6) is -0.705. The highest BCUT2D eigenvalue weighted by Gasteiger charge is 2.31. The maximum Gasteiger partial charge on any atom is 0.349 e. The minimum absolute atomic E-state index is 0.176. The third-order valence-electron chi connectivity index (χ3n) is 4.22. The fourth-order valence-electron chi connectivity index (χ4n) is 2.95. The number of halogens is 1. The molecular weight excluding hydrogens is 375 g/mol. The predicted octanol–water partition coefficient (Wildman–Crippen LogP) is 4.30. The van der Waals surface area contributed by atoms with Gasteiger partial charge in [0, 0.05) is 22.3 Å². The Labute approximate surface area is 153 Å². The predicted molar refractivity (Wildman–Crippen MR) is 97.4 cm³/mol. The summed E-state index contributed by atoms with van der Waals surface area (Å²) in [6.45, 7) is 0.176. The zero-order valence-electron chi connectivity index (χ0n) is 13.7. The number of hydrogen-bond acceptors (Lipinski definition) is 5. The topological polar surface area (TPSA) is 60.4 Å². The van der Waals surface area contributed by atoms with E-state index in [0.717, 1.165) is 33.4 Å². The molecule has 4 rings (SSSR count). The molecule has 0 saturated carbocycles. The van der Waals surface area contributed by atoms with E-state index in [2.05, 4.69) is 0 Å². The average molecular weight is 388 g/mol. The van der Waals surface area contributed by atoms with Crippen LogP contribution in [0.25, 0.3) is 21.6 Å². The van der Waals surface area contributed by atoms with Gasteiger partial charge in [-0.05, 0) is 35.4 Å². The number of sulfone groups is 1. The Morgan fingerprint density at radius 3 is 2.19 bits per heavy atom. The second-order valence-corrected chi connectivity index (χ2v) is 9.03. The molecule has 0 bridgehead atoms. The van der Waals surface area contributed by atoms with E-state index in [4.69, 9.17) is 4.74 Å². The van der Waals surface area contributed by atoms with Gasteiger partial charge in [0.1, 0.15) is 17.3 Å². The van der Waals surface area contributed by atoms with E-state index in [9.17, 15) is 17.6 Å². The van der Waals surface area contributed by atoms with Gasteiger partial charge in [-0.2, -0.15) is 0 Å². The molecule has 1 aliphatic rings. The molecule has 1 aromatic heterocycles. The molecule has 132 valence electrons. The number of carbonyl (C=O) groups excluding carboxylic acids is 1. The standard InChI is InChI=1S/C19H13FO4S2/c1-26(22,23)14-8-4-11(5-9-14)16-15-10-24-19(21)18(15)25-17(16)12-2-6-13(20)7-3-12/h2-9H,10H2,1H3. The highest BCUT2D eigenvalue weighted by Crippen LogP contribution is 2.46. The molecule has 7 heteroatoms. The smallest absolute Gasteiger partial charge is 0.349 e. The zero-order valence-corrected chi connectivity index (χ0v) is 15.3. The zero-order chi connectivity index (χ0) is 18.5. The van der Waals surface area contributed by atoms with Gasteiger partial charge in [0.15, 0.2) is 9.84 Å². The van der Waals surface area contributed by atoms with Crippen molar-refractivity contribution < 1.29 is 22.3 Å². The van der Waals surface area contributed by atoms with Crippen molar-refractivity contribution in [3.63, 3.8) is 0 Å². The average Bonchev–Trinajstić information content (AvgIpc) is 3.15. The van der Waals surface area contributed by atoms with Gasteiger partial charge < -0.3 is 4.74 Å². The first-order valence-corrected chi connectivity index (χ1v) is 10.4. The largest absolute Gasteiger partial charge is 0.457 e. The van der Waals surface area contributed by atoms with Gasteiger partial charge in [-0.15, -0.1) is 11.3 Å². The fourth-order valence-corrected chi connectivity index (χ4v) is 4.81. The Morgan fingerprint density at radius 1 is 0.962 bits per heavy atom. The van der Waals surface area contributed by atoms with Gasteiger partial charge in [-0.25, -0.2) is 17.6 Å². The first kappa shape index (κ1) is 16.9. The van der Waals surface area contributed by atoms with E-state index in [1.54, 1.807) is 36.4 Å². The van der Waals surface area contributed by atoms with Crippen LogP contribution in [-0.2, 0) is 21.2 Å². The number of rotatable bonds is 3. The van der Waals surface area contributed by atoms with Crippen LogP contribution in [0.15, 0.2) is 53.4 Å². The van der Waals surface area contributed by atoms with E-state index in [1.165, 1.54) is 23.5 Å². The number of esters is 1. The summed E-state index contributed by atoms with van der Waals surface area (Å²) < 4.78 is 41.8. The van der Waals surface area contributed by atoms with Crippen LogP contribution in [0.2, 0.25) is 0 Å². The second-order valence-electron chi connectivity index (χ2n) is 5.99. The van der Waals surface area contributed by atoms with Crippen molar-refractivity contribution in [2.75, 3.05) is 6.26 Å². The van der Waals surface area contributed by atoms with Crippen LogP contribution in [0.3, 0.4) is 0 Å². The molecule has 3 aromatic rings. The van der Waals surface area contributed by atoms with Gasteiger partial charge in [-0.1, -0.05) is 24.3 Å². The molecule has 0 aliphatic carbocycles. The monoisotopic (exact) mass is 388 g/mol. The number of hydrogen-bond donors (Lipinski definition) is 0. The molecule has 0 unspecified atom stereocenters. The highest BCUT2D eigenvalue weighted by molar-refractivity contribution is 7.90. The minimum Gasteiger partial charge on any atom is -0.457 e. The first-order chi connectivity index (χ1) is 12.3. The van der Waals surface area contributed by atoms with E-state index in [-0.39, 0.29) is 23.3 Å². The summed E-state index contributed by atoms with van der Waals surface area (Å²) >= 11 is 1.31. The first-order valence-electron chi connectivity index (χ1n) is 7.74. The number of ether oxygens (including phenoxy) is 1. The molecule has 26 heavy (non-hydrogen) atoms. The minimum atomic E-state index is -3.29. The van der Waals surface area contributed by atoms with Crippen molar-refractivity contribution in [1.82, 2.24) is 0 Å². The highest BCUT2D eigenvalue weighted by atomic mass is 32.2. The van der Waals surface area contributed by atoms with Gasteiger partial charge in [0.25, 0.3) is 0 Å². The molecule has 0 N–H and O–H groups in total. The van der Waals surface area contributed by atoms with E-state index < -0.39 is 9.84 Å². The van der Waals surface area contributed by atoms with Crippen LogP contribution >= 0.6 is 11.3 Å². The van der Waals surface area contributed by atoms with Crippen molar-refractivity contribution in [2.24, 2.45) is 0 Å². The number of carbonyl (C=O) groups is 1. The van der Waals surface area contributed by atoms with Crippen molar-refractivity contribution in [3.8, 4) is 21.6 Å². The van der Waals surface area contributed by atoms with Gasteiger partial charge in [0.2, 0.25) is 0 Å². The molecule has 0 fully saturated rings. The second kappa shape index (κ2) is 6.03. The molecule has 1 aliphatic heterocycles. The van der Waals surface area contributed by atoms with Crippen LogP contribution < -0.4 is 0 Å². The van der Waals surface area contributed by atoms with E-state index in [0.29, 0.717) is 4.88 Å². The van der Waals surface area contributed by atoms with Crippen LogP contribution in [0.4, 0.5) is 4.39 Å².